The number of benzene rings is 1. The lowest BCUT2D eigenvalue weighted by atomic mass is 9.91. The van der Waals surface area contributed by atoms with E-state index >= 15 is 0 Å². The van der Waals surface area contributed by atoms with Crippen molar-refractivity contribution in [2.24, 2.45) is 17.6 Å². The number of nitrogens with zero attached hydrogens (tertiary/aromatic N) is 3. The highest BCUT2D eigenvalue weighted by atomic mass is 16.6. The number of aliphatic hydroxyl groups excluding tert-OH is 1. The van der Waals surface area contributed by atoms with E-state index in [0.29, 0.717) is 24.7 Å². The number of aromatic amines is 2. The Hall–Kier alpha value is -4.71. The minimum Gasteiger partial charge on any atom is -0.466 e. The highest BCUT2D eigenvalue weighted by Gasteiger charge is 2.35. The van der Waals surface area contributed by atoms with E-state index in [2.05, 4.69) is 56.3 Å². The first-order valence-corrected chi connectivity index (χ1v) is 20.2. The van der Waals surface area contributed by atoms with Gasteiger partial charge in [-0.3, -0.25) is 4.79 Å². The number of H-pyrrole nitrogens is 2. The van der Waals surface area contributed by atoms with Gasteiger partial charge in [0.05, 0.1) is 52.6 Å². The summed E-state index contributed by atoms with van der Waals surface area (Å²) in [5, 5.41) is 15.1. The predicted octanol–water partition coefficient (Wildman–Crippen LogP) is 8.08. The fraction of sp³-hybridized carbons (Fsp3) is 0.477. The van der Waals surface area contributed by atoms with Crippen molar-refractivity contribution >= 4 is 28.0 Å². The Kier molecular flexibility index (Phi) is 9.43. The van der Waals surface area contributed by atoms with E-state index in [1.165, 1.54) is 11.1 Å². The van der Waals surface area contributed by atoms with Gasteiger partial charge < -0.3 is 40.2 Å². The molecule has 288 valence electrons. The molecule has 4 aromatic rings. The highest BCUT2D eigenvalue weighted by Crippen LogP contribution is 2.47. The van der Waals surface area contributed by atoms with Crippen LogP contribution in [0.25, 0.3) is 33.3 Å². The molecule has 2 aliphatic heterocycles. The molecule has 1 saturated heterocycles. The maximum atomic E-state index is 12.3. The summed E-state index contributed by atoms with van der Waals surface area (Å²) in [6, 6.07) is 9.14. The van der Waals surface area contributed by atoms with Crippen molar-refractivity contribution in [2.45, 2.75) is 115 Å². The summed E-state index contributed by atoms with van der Waals surface area (Å²) in [7, 11) is 0. The second kappa shape index (κ2) is 14.4. The van der Waals surface area contributed by atoms with Crippen LogP contribution in [-0.2, 0) is 14.3 Å². The zero-order chi connectivity index (χ0) is 37.8. The molecule has 11 nitrogen and oxygen atoms in total. The number of hydrogen-bond donors (Lipinski definition) is 5. The van der Waals surface area contributed by atoms with Crippen LogP contribution in [0.1, 0.15) is 126 Å². The van der Waals surface area contributed by atoms with Gasteiger partial charge in [-0.05, 0) is 121 Å². The number of imidazole rings is 2. The quantitative estimate of drug-likeness (QED) is 0.103. The summed E-state index contributed by atoms with van der Waals surface area (Å²) in [5.74, 6) is 2.96. The van der Waals surface area contributed by atoms with Gasteiger partial charge in [0.25, 0.3) is 0 Å². The van der Waals surface area contributed by atoms with Crippen molar-refractivity contribution in [1.29, 1.82) is 0 Å². The summed E-state index contributed by atoms with van der Waals surface area (Å²) in [6.07, 6.45) is 20.4. The number of primary amides is 1. The standard InChI is InChI=1S/C44H53N7O4/c1-44(2,3)55-39(52)17-14-25-7-5-10-31(25)41-47-23-34(49-41)26-13-16-36-30(19-26)21-37-32-15-12-27(35-24-48-42(50-35)33-11-6-18-46-33)22-38(32)54-43(51(36)37)29-9-4-8-28(20-29)40(45)53/h4,9,13,16,19-25,28,31,33,39,43,46,52H,5-8,10-12,14-15,17-18H2,1-3H3,(H2,45,53)(H,47,49)(H,48,50). The molecule has 3 aromatic heterocycles. The SMILES string of the molecule is CC(C)(C)OC(O)CCC1CCCC1c1ncc(-c2ccc3c(c2)cc2n3C(C3=CC(C(N)=O)CC=C3)OC3=C2CCC(c2cnc(C4CCCN4)[nH]2)=C3)[nH]1. The maximum absolute atomic E-state index is 12.3. The van der Waals surface area contributed by atoms with E-state index in [9.17, 15) is 9.90 Å². The van der Waals surface area contributed by atoms with Gasteiger partial charge in [0, 0.05) is 28.0 Å². The van der Waals surface area contributed by atoms with Gasteiger partial charge in [0.15, 0.2) is 6.29 Å². The zero-order valence-corrected chi connectivity index (χ0v) is 32.1. The van der Waals surface area contributed by atoms with E-state index in [0.717, 1.165) is 114 Å². The van der Waals surface area contributed by atoms with Crippen LogP contribution in [-0.4, -0.2) is 54.0 Å². The van der Waals surface area contributed by atoms with Crippen molar-refractivity contribution in [3.63, 3.8) is 0 Å². The van der Waals surface area contributed by atoms with Gasteiger partial charge in [-0.25, -0.2) is 9.97 Å². The summed E-state index contributed by atoms with van der Waals surface area (Å²) in [6.45, 7) is 6.95. The number of ether oxygens (including phenoxy) is 2. The molecule has 9 rings (SSSR count). The molecule has 6 atom stereocenters. The molecule has 1 aromatic carbocycles. The molecule has 5 heterocycles. The summed E-state index contributed by atoms with van der Waals surface area (Å²) < 4.78 is 15.0. The lowest BCUT2D eigenvalue weighted by Gasteiger charge is -2.34. The summed E-state index contributed by atoms with van der Waals surface area (Å²) in [4.78, 5) is 29.3. The number of nitrogens with one attached hydrogen (secondary N) is 3. The number of aromatic nitrogens is 5. The van der Waals surface area contributed by atoms with Crippen LogP contribution in [0.4, 0.5) is 0 Å². The van der Waals surface area contributed by atoms with E-state index in [-0.39, 0.29) is 23.5 Å². The number of amides is 1. The Labute approximate surface area is 322 Å². The molecular formula is C44H53N7O4. The second-order valence-electron chi connectivity index (χ2n) is 17.0. The Morgan fingerprint density at radius 3 is 2.73 bits per heavy atom. The number of hydrogen-bond acceptors (Lipinski definition) is 7. The van der Waals surface area contributed by atoms with Gasteiger partial charge >= 0.3 is 0 Å². The van der Waals surface area contributed by atoms with Crippen molar-refractivity contribution in [3.05, 3.63) is 95.3 Å². The fourth-order valence-electron chi connectivity index (χ4n) is 9.45. The van der Waals surface area contributed by atoms with E-state index in [1.54, 1.807) is 0 Å². The van der Waals surface area contributed by atoms with Crippen LogP contribution < -0.4 is 11.1 Å². The van der Waals surface area contributed by atoms with Crippen LogP contribution >= 0.6 is 0 Å². The van der Waals surface area contributed by atoms with Crippen LogP contribution in [0.2, 0.25) is 0 Å². The monoisotopic (exact) mass is 743 g/mol. The van der Waals surface area contributed by atoms with Gasteiger partial charge in [-0.1, -0.05) is 30.7 Å². The molecule has 1 saturated carbocycles. The first kappa shape index (κ1) is 36.0. The number of carbonyl (C=O) groups excluding carboxylic acids is 1. The molecule has 0 spiro atoms. The molecule has 0 radical (unpaired) electrons. The third-order valence-electron chi connectivity index (χ3n) is 12.1. The minimum absolute atomic E-state index is 0.277. The summed E-state index contributed by atoms with van der Waals surface area (Å²) >= 11 is 0. The van der Waals surface area contributed by atoms with Crippen LogP contribution in [0.5, 0.6) is 0 Å². The highest BCUT2D eigenvalue weighted by molar-refractivity contribution is 5.91. The van der Waals surface area contributed by atoms with Gasteiger partial charge in [-0.2, -0.15) is 0 Å². The fourth-order valence-corrected chi connectivity index (χ4v) is 9.45. The minimum atomic E-state index is -0.754. The van der Waals surface area contributed by atoms with Crippen LogP contribution in [0.15, 0.2) is 72.3 Å². The Bertz CT molecular complexity index is 2220. The number of nitrogens with two attached hydrogens (primary N) is 1. The topological polar surface area (TPSA) is 156 Å². The van der Waals surface area contributed by atoms with Crippen LogP contribution in [0.3, 0.4) is 0 Å². The van der Waals surface area contributed by atoms with Gasteiger partial charge in [-0.15, -0.1) is 0 Å². The molecule has 11 heteroatoms. The molecule has 2 fully saturated rings. The lowest BCUT2D eigenvalue weighted by Crippen LogP contribution is -2.27. The largest absolute Gasteiger partial charge is 0.466 e. The molecule has 3 aliphatic carbocycles. The smallest absolute Gasteiger partial charge is 0.224 e. The average Bonchev–Trinajstić information content (AvgIpc) is 4.01. The van der Waals surface area contributed by atoms with Crippen molar-refractivity contribution < 1.29 is 19.4 Å². The maximum Gasteiger partial charge on any atom is 0.224 e. The zero-order valence-electron chi connectivity index (χ0n) is 32.1. The first-order valence-electron chi connectivity index (χ1n) is 20.2. The van der Waals surface area contributed by atoms with E-state index < -0.39 is 12.5 Å². The Morgan fingerprint density at radius 2 is 1.91 bits per heavy atom. The summed E-state index contributed by atoms with van der Waals surface area (Å²) in [5.41, 5.74) is 14.0. The van der Waals surface area contributed by atoms with E-state index in [4.69, 9.17) is 25.2 Å². The Balaban J connectivity index is 1.03. The molecule has 6 unspecified atom stereocenters. The molecule has 6 N–H and O–H groups in total. The van der Waals surface area contributed by atoms with Gasteiger partial charge in [0.2, 0.25) is 12.1 Å². The molecule has 1 amide bonds. The van der Waals surface area contributed by atoms with Crippen molar-refractivity contribution in [2.75, 3.05) is 6.54 Å². The number of aliphatic hydroxyl groups is 1. The Morgan fingerprint density at radius 1 is 1.07 bits per heavy atom. The number of carbonyl (C=O) groups is 1. The van der Waals surface area contributed by atoms with Gasteiger partial charge in [0.1, 0.15) is 17.4 Å². The average molecular weight is 744 g/mol. The van der Waals surface area contributed by atoms with E-state index in [1.807, 2.05) is 45.3 Å². The molecule has 55 heavy (non-hydrogen) atoms. The molecular weight excluding hydrogens is 691 g/mol. The number of allylic oxidation sites excluding steroid dienone is 4. The molecule has 0 bridgehead atoms. The number of fused-ring (bicyclic) bond motifs is 4. The normalized spacial score (nSPS) is 25.8. The van der Waals surface area contributed by atoms with Crippen molar-refractivity contribution in [3.8, 4) is 11.3 Å². The predicted molar refractivity (Wildman–Crippen MR) is 213 cm³/mol. The second-order valence-corrected chi connectivity index (χ2v) is 17.0. The lowest BCUT2D eigenvalue weighted by molar-refractivity contribution is -0.169. The number of rotatable bonds is 10. The first-order chi connectivity index (χ1) is 26.6. The molecule has 5 aliphatic rings. The third kappa shape index (κ3) is 7.14. The van der Waals surface area contributed by atoms with Crippen LogP contribution in [0, 0.1) is 11.8 Å². The third-order valence-corrected chi connectivity index (χ3v) is 12.1. The van der Waals surface area contributed by atoms with Crippen molar-refractivity contribution in [1.82, 2.24) is 29.8 Å².